The van der Waals surface area contributed by atoms with E-state index in [4.69, 9.17) is 4.74 Å². The lowest BCUT2D eigenvalue weighted by atomic mass is 10.2. The highest BCUT2D eigenvalue weighted by Crippen LogP contribution is 2.32. The van der Waals surface area contributed by atoms with Gasteiger partial charge in [-0.1, -0.05) is 36.7 Å². The first kappa shape index (κ1) is 19.3. The van der Waals surface area contributed by atoms with Crippen LogP contribution in [-0.2, 0) is 4.79 Å². The highest BCUT2D eigenvalue weighted by Gasteiger charge is 2.22. The van der Waals surface area contributed by atoms with Gasteiger partial charge in [-0.15, -0.1) is 0 Å². The quantitative estimate of drug-likeness (QED) is 0.558. The van der Waals surface area contributed by atoms with Crippen LogP contribution in [-0.4, -0.2) is 32.9 Å². The Labute approximate surface area is 161 Å². The van der Waals surface area contributed by atoms with Crippen LogP contribution in [0.25, 0.3) is 0 Å². The number of thioether (sulfide) groups is 1. The van der Waals surface area contributed by atoms with Crippen molar-refractivity contribution in [2.24, 2.45) is 0 Å². The Morgan fingerprint density at radius 3 is 2.85 bits per heavy atom. The van der Waals surface area contributed by atoms with E-state index in [1.54, 1.807) is 16.7 Å². The molecule has 0 unspecified atom stereocenters. The third-order valence-electron chi connectivity index (χ3n) is 4.39. The summed E-state index contributed by atoms with van der Waals surface area (Å²) in [6.45, 7) is 2.38. The number of nitrogens with one attached hydrogen (secondary N) is 1. The molecule has 1 aromatic heterocycles. The molecule has 1 saturated carbocycles. The second-order valence-corrected chi connectivity index (χ2v) is 7.25. The smallest absolute Gasteiger partial charge is 0.258 e. The molecule has 0 spiro atoms. The Morgan fingerprint density at radius 1 is 1.37 bits per heavy atom. The van der Waals surface area contributed by atoms with Gasteiger partial charge in [-0.05, 0) is 31.9 Å². The molecular weight excluding hydrogens is 366 g/mol. The van der Waals surface area contributed by atoms with E-state index >= 15 is 0 Å². The number of carbonyl (C=O) groups is 1. The summed E-state index contributed by atoms with van der Waals surface area (Å²) in [7, 11) is 0. The van der Waals surface area contributed by atoms with Crippen molar-refractivity contribution in [1.82, 2.24) is 9.55 Å². The van der Waals surface area contributed by atoms with Crippen molar-refractivity contribution < 1.29 is 14.6 Å². The fourth-order valence-electron chi connectivity index (χ4n) is 3.23. The average molecular weight is 389 g/mol. The highest BCUT2D eigenvalue weighted by atomic mass is 32.2. The molecule has 1 amide bonds. The number of rotatable bonds is 7. The maximum absolute atomic E-state index is 12.4. The van der Waals surface area contributed by atoms with Gasteiger partial charge in [0.1, 0.15) is 5.75 Å². The van der Waals surface area contributed by atoms with Crippen LogP contribution in [0.3, 0.4) is 0 Å². The Hall–Kier alpha value is -2.48. The normalized spacial score (nSPS) is 14.3. The lowest BCUT2D eigenvalue weighted by Crippen LogP contribution is -2.26. The fourth-order valence-corrected chi connectivity index (χ4v) is 4.10. The van der Waals surface area contributed by atoms with Crippen molar-refractivity contribution in [3.05, 3.63) is 40.7 Å². The molecular formula is C19H23N3O4S. The Kier molecular flexibility index (Phi) is 6.39. The minimum Gasteiger partial charge on any atom is -0.493 e. The van der Waals surface area contributed by atoms with Gasteiger partial charge in [-0.25, -0.2) is 0 Å². The molecule has 1 heterocycles. The monoisotopic (exact) mass is 389 g/mol. The molecule has 0 radical (unpaired) electrons. The summed E-state index contributed by atoms with van der Waals surface area (Å²) >= 11 is 1.15. The largest absolute Gasteiger partial charge is 0.493 e. The molecule has 0 atom stereocenters. The number of hydrogen-bond donors (Lipinski definition) is 2. The third kappa shape index (κ3) is 4.82. The summed E-state index contributed by atoms with van der Waals surface area (Å²) in [5.41, 5.74) is 0.320. The molecule has 27 heavy (non-hydrogen) atoms. The molecule has 1 aromatic carbocycles. The van der Waals surface area contributed by atoms with E-state index in [1.165, 1.54) is 0 Å². The molecule has 2 N–H and O–H groups in total. The number of ether oxygens (including phenoxy) is 1. The van der Waals surface area contributed by atoms with Gasteiger partial charge < -0.3 is 15.2 Å². The van der Waals surface area contributed by atoms with Crippen molar-refractivity contribution in [3.63, 3.8) is 0 Å². The van der Waals surface area contributed by atoms with E-state index in [0.29, 0.717) is 23.2 Å². The minimum absolute atomic E-state index is 0.0725. The average Bonchev–Trinajstić information content (AvgIpc) is 3.15. The van der Waals surface area contributed by atoms with Gasteiger partial charge in [-0.2, -0.15) is 4.98 Å². The Morgan fingerprint density at radius 2 is 2.11 bits per heavy atom. The van der Waals surface area contributed by atoms with Crippen LogP contribution in [0.5, 0.6) is 11.6 Å². The zero-order valence-electron chi connectivity index (χ0n) is 15.2. The summed E-state index contributed by atoms with van der Waals surface area (Å²) in [5, 5.41) is 12.9. The molecule has 0 saturated heterocycles. The lowest BCUT2D eigenvalue weighted by molar-refractivity contribution is -0.113. The van der Waals surface area contributed by atoms with Crippen LogP contribution in [0.4, 0.5) is 5.69 Å². The lowest BCUT2D eigenvalue weighted by Gasteiger charge is -2.17. The van der Waals surface area contributed by atoms with E-state index in [1.807, 2.05) is 19.1 Å². The number of para-hydroxylation sites is 2. The fraction of sp³-hybridized carbons (Fsp3) is 0.421. The summed E-state index contributed by atoms with van der Waals surface area (Å²) in [6, 6.07) is 8.43. The van der Waals surface area contributed by atoms with E-state index in [-0.39, 0.29) is 29.1 Å². The summed E-state index contributed by atoms with van der Waals surface area (Å²) in [5.74, 6) is 0.126. The van der Waals surface area contributed by atoms with Crippen LogP contribution >= 0.6 is 11.8 Å². The topological polar surface area (TPSA) is 93.5 Å². The number of hydrogen-bond acceptors (Lipinski definition) is 6. The molecule has 3 rings (SSSR count). The van der Waals surface area contributed by atoms with Crippen LogP contribution in [0.2, 0.25) is 0 Å². The summed E-state index contributed by atoms with van der Waals surface area (Å²) in [4.78, 5) is 28.8. The number of carbonyl (C=O) groups excluding carboxylic acids is 1. The van der Waals surface area contributed by atoms with Crippen LogP contribution in [0.1, 0.15) is 38.6 Å². The van der Waals surface area contributed by atoms with E-state index in [0.717, 1.165) is 43.5 Å². The van der Waals surface area contributed by atoms with Crippen molar-refractivity contribution >= 4 is 23.4 Å². The van der Waals surface area contributed by atoms with Gasteiger partial charge in [0.05, 0.1) is 24.1 Å². The molecule has 8 heteroatoms. The molecule has 1 aliphatic rings. The molecule has 144 valence electrons. The second-order valence-electron chi connectivity index (χ2n) is 6.31. The van der Waals surface area contributed by atoms with Gasteiger partial charge in [0, 0.05) is 6.04 Å². The maximum Gasteiger partial charge on any atom is 0.258 e. The van der Waals surface area contributed by atoms with Gasteiger partial charge in [0.25, 0.3) is 5.56 Å². The standard InChI is InChI=1S/C19H23N3O4S/c1-2-26-15-10-6-5-9-14(15)20-17(24)12-27-19-21-16(23)11-18(25)22(19)13-7-3-4-8-13/h5-6,9-11,13,23H,2-4,7-8,12H2,1H3,(H,20,24). The number of aromatic hydroxyl groups is 1. The van der Waals surface area contributed by atoms with E-state index in [2.05, 4.69) is 10.3 Å². The molecule has 1 aliphatic carbocycles. The zero-order chi connectivity index (χ0) is 19.2. The first-order chi connectivity index (χ1) is 13.1. The molecule has 1 fully saturated rings. The first-order valence-electron chi connectivity index (χ1n) is 9.05. The van der Waals surface area contributed by atoms with Crippen LogP contribution < -0.4 is 15.6 Å². The number of aromatic nitrogens is 2. The van der Waals surface area contributed by atoms with Gasteiger partial charge in [0.2, 0.25) is 11.8 Å². The van der Waals surface area contributed by atoms with E-state index in [9.17, 15) is 14.7 Å². The van der Waals surface area contributed by atoms with Crippen molar-refractivity contribution in [1.29, 1.82) is 0 Å². The molecule has 7 nitrogen and oxygen atoms in total. The van der Waals surface area contributed by atoms with Crippen LogP contribution in [0.15, 0.2) is 40.3 Å². The Bertz CT molecular complexity index is 862. The van der Waals surface area contributed by atoms with Gasteiger partial charge in [0.15, 0.2) is 5.16 Å². The highest BCUT2D eigenvalue weighted by molar-refractivity contribution is 7.99. The van der Waals surface area contributed by atoms with Gasteiger partial charge >= 0.3 is 0 Å². The maximum atomic E-state index is 12.4. The zero-order valence-corrected chi connectivity index (χ0v) is 16.0. The van der Waals surface area contributed by atoms with Crippen molar-refractivity contribution in [3.8, 4) is 11.6 Å². The number of amides is 1. The first-order valence-corrected chi connectivity index (χ1v) is 10.0. The molecule has 0 bridgehead atoms. The Balaban J connectivity index is 1.71. The van der Waals surface area contributed by atoms with Crippen LogP contribution in [0, 0.1) is 0 Å². The molecule has 0 aliphatic heterocycles. The number of benzene rings is 1. The van der Waals surface area contributed by atoms with Gasteiger partial charge in [-0.3, -0.25) is 14.2 Å². The SMILES string of the molecule is CCOc1ccccc1NC(=O)CSc1nc(O)cc(=O)n1C1CCCC1. The second kappa shape index (κ2) is 8.94. The minimum atomic E-state index is -0.321. The van der Waals surface area contributed by atoms with E-state index < -0.39 is 0 Å². The van der Waals surface area contributed by atoms with Crippen molar-refractivity contribution in [2.75, 3.05) is 17.7 Å². The number of nitrogens with zero attached hydrogens (tertiary/aromatic N) is 2. The summed E-state index contributed by atoms with van der Waals surface area (Å²) < 4.78 is 7.12. The third-order valence-corrected chi connectivity index (χ3v) is 5.34. The van der Waals surface area contributed by atoms with Crippen molar-refractivity contribution in [2.45, 2.75) is 43.8 Å². The summed E-state index contributed by atoms with van der Waals surface area (Å²) in [6.07, 6.45) is 3.95. The molecule has 2 aromatic rings. The predicted octanol–water partition coefficient (Wildman–Crippen LogP) is 3.19. The predicted molar refractivity (Wildman–Crippen MR) is 105 cm³/mol. The number of anilines is 1.